The Labute approximate surface area is 138 Å². The maximum Gasteiger partial charge on any atom is 0.323 e. The van der Waals surface area contributed by atoms with Crippen molar-refractivity contribution in [3.8, 4) is 11.5 Å². The van der Waals surface area contributed by atoms with Gasteiger partial charge in [0.15, 0.2) is 0 Å². The zero-order valence-corrected chi connectivity index (χ0v) is 13.5. The summed E-state index contributed by atoms with van der Waals surface area (Å²) in [5.74, 6) is 1.02. The SMILES string of the molecule is COc1ccc(NC(=O)Nc2cc([N+](=O)[O-])ccc2C)c(OC)c1. The largest absolute Gasteiger partial charge is 0.497 e. The molecule has 126 valence electrons. The number of non-ortho nitro benzene ring substituents is 1. The van der Waals surface area contributed by atoms with Crippen LogP contribution < -0.4 is 20.1 Å². The fourth-order valence-corrected chi connectivity index (χ4v) is 2.04. The molecular formula is C16H17N3O5. The lowest BCUT2D eigenvalue weighted by atomic mass is 10.2. The zero-order chi connectivity index (χ0) is 17.7. The quantitative estimate of drug-likeness (QED) is 0.644. The van der Waals surface area contributed by atoms with Crippen LogP contribution in [-0.4, -0.2) is 25.2 Å². The molecule has 0 aliphatic heterocycles. The number of aryl methyl sites for hydroxylation is 1. The van der Waals surface area contributed by atoms with Crippen molar-refractivity contribution >= 4 is 23.1 Å². The number of nitrogens with one attached hydrogen (secondary N) is 2. The van der Waals surface area contributed by atoms with Crippen molar-refractivity contribution in [3.63, 3.8) is 0 Å². The maximum atomic E-state index is 12.2. The molecule has 0 radical (unpaired) electrons. The summed E-state index contributed by atoms with van der Waals surface area (Å²) < 4.78 is 10.3. The summed E-state index contributed by atoms with van der Waals surface area (Å²) in [4.78, 5) is 22.5. The topological polar surface area (TPSA) is 103 Å². The summed E-state index contributed by atoms with van der Waals surface area (Å²) in [6.07, 6.45) is 0. The minimum absolute atomic E-state index is 0.0991. The first-order valence-electron chi connectivity index (χ1n) is 6.99. The predicted octanol–water partition coefficient (Wildman–Crippen LogP) is 3.56. The molecule has 2 amide bonds. The Bertz CT molecular complexity index is 776. The van der Waals surface area contributed by atoms with Gasteiger partial charge >= 0.3 is 6.03 Å². The van der Waals surface area contributed by atoms with E-state index in [0.29, 0.717) is 28.4 Å². The summed E-state index contributed by atoms with van der Waals surface area (Å²) in [7, 11) is 3.00. The van der Waals surface area contributed by atoms with Crippen LogP contribution in [0.25, 0.3) is 0 Å². The van der Waals surface area contributed by atoms with Gasteiger partial charge < -0.3 is 20.1 Å². The molecule has 2 rings (SSSR count). The summed E-state index contributed by atoms with van der Waals surface area (Å²) in [6.45, 7) is 1.74. The Morgan fingerprint density at radius 1 is 1.04 bits per heavy atom. The number of methoxy groups -OCH3 is 2. The molecular weight excluding hydrogens is 314 g/mol. The highest BCUT2D eigenvalue weighted by atomic mass is 16.6. The van der Waals surface area contributed by atoms with Crippen LogP contribution in [0.4, 0.5) is 21.9 Å². The third kappa shape index (κ3) is 3.92. The van der Waals surface area contributed by atoms with E-state index in [9.17, 15) is 14.9 Å². The Morgan fingerprint density at radius 2 is 1.75 bits per heavy atom. The third-order valence-electron chi connectivity index (χ3n) is 3.34. The summed E-state index contributed by atoms with van der Waals surface area (Å²) >= 11 is 0. The summed E-state index contributed by atoms with van der Waals surface area (Å²) in [5, 5.41) is 16.1. The lowest BCUT2D eigenvalue weighted by molar-refractivity contribution is -0.384. The van der Waals surface area contributed by atoms with Crippen LogP contribution in [0.15, 0.2) is 36.4 Å². The van der Waals surface area contributed by atoms with E-state index in [2.05, 4.69) is 10.6 Å². The van der Waals surface area contributed by atoms with E-state index < -0.39 is 11.0 Å². The molecule has 0 atom stereocenters. The Hall–Kier alpha value is -3.29. The fourth-order valence-electron chi connectivity index (χ4n) is 2.04. The number of carbonyl (C=O) groups is 1. The minimum atomic E-state index is -0.540. The third-order valence-corrected chi connectivity index (χ3v) is 3.34. The van der Waals surface area contributed by atoms with Crippen molar-refractivity contribution in [1.29, 1.82) is 0 Å². The number of anilines is 2. The molecule has 24 heavy (non-hydrogen) atoms. The Balaban J connectivity index is 2.17. The smallest absolute Gasteiger partial charge is 0.323 e. The van der Waals surface area contributed by atoms with E-state index in [4.69, 9.17) is 9.47 Å². The van der Waals surface area contributed by atoms with Gasteiger partial charge in [0.05, 0.1) is 30.5 Å². The van der Waals surface area contributed by atoms with E-state index >= 15 is 0 Å². The lowest BCUT2D eigenvalue weighted by Gasteiger charge is -2.13. The molecule has 0 saturated carbocycles. The van der Waals surface area contributed by atoms with Crippen LogP contribution in [-0.2, 0) is 0 Å². The van der Waals surface area contributed by atoms with E-state index in [1.807, 2.05) is 0 Å². The van der Waals surface area contributed by atoms with Crippen LogP contribution in [0.2, 0.25) is 0 Å². The molecule has 0 aliphatic rings. The molecule has 2 N–H and O–H groups in total. The highest BCUT2D eigenvalue weighted by molar-refractivity contribution is 6.01. The fraction of sp³-hybridized carbons (Fsp3) is 0.188. The van der Waals surface area contributed by atoms with Crippen molar-refractivity contribution in [3.05, 3.63) is 52.1 Å². The number of carbonyl (C=O) groups excluding carboxylic acids is 1. The number of nitrogens with zero attached hydrogens (tertiary/aromatic N) is 1. The second-order valence-corrected chi connectivity index (χ2v) is 4.90. The number of benzene rings is 2. The minimum Gasteiger partial charge on any atom is -0.497 e. The van der Waals surface area contributed by atoms with Gasteiger partial charge in [-0.3, -0.25) is 10.1 Å². The average Bonchev–Trinajstić information content (AvgIpc) is 2.56. The van der Waals surface area contributed by atoms with Gasteiger partial charge in [-0.2, -0.15) is 0 Å². The van der Waals surface area contributed by atoms with Gasteiger partial charge in [-0.15, -0.1) is 0 Å². The van der Waals surface area contributed by atoms with E-state index in [1.54, 1.807) is 31.2 Å². The molecule has 8 heteroatoms. The van der Waals surface area contributed by atoms with E-state index in [0.717, 1.165) is 0 Å². The second kappa shape index (κ2) is 7.32. The monoisotopic (exact) mass is 331 g/mol. The standard InChI is InChI=1S/C16H17N3O5/c1-10-4-5-11(19(21)22)8-14(10)18-16(20)17-13-7-6-12(23-2)9-15(13)24-3/h4-9H,1-3H3,(H2,17,18,20). The zero-order valence-electron chi connectivity index (χ0n) is 13.5. The number of nitro benzene ring substituents is 1. The molecule has 0 spiro atoms. The number of amides is 2. The Morgan fingerprint density at radius 3 is 2.38 bits per heavy atom. The molecule has 0 aliphatic carbocycles. The number of hydrogen-bond donors (Lipinski definition) is 2. The van der Waals surface area contributed by atoms with Gasteiger partial charge in [0.25, 0.3) is 5.69 Å². The van der Waals surface area contributed by atoms with Crippen LogP contribution in [0.5, 0.6) is 11.5 Å². The Kier molecular flexibility index (Phi) is 5.20. The first-order valence-corrected chi connectivity index (χ1v) is 6.99. The van der Waals surface area contributed by atoms with E-state index in [1.165, 1.54) is 26.4 Å². The molecule has 0 fully saturated rings. The highest BCUT2D eigenvalue weighted by Gasteiger charge is 2.13. The van der Waals surface area contributed by atoms with Crippen LogP contribution in [0, 0.1) is 17.0 Å². The van der Waals surface area contributed by atoms with Gasteiger partial charge in [-0.25, -0.2) is 4.79 Å². The highest BCUT2D eigenvalue weighted by Crippen LogP contribution is 2.29. The lowest BCUT2D eigenvalue weighted by Crippen LogP contribution is -2.20. The van der Waals surface area contributed by atoms with Gasteiger partial charge in [-0.1, -0.05) is 6.07 Å². The first-order chi connectivity index (χ1) is 11.4. The molecule has 0 bridgehead atoms. The first kappa shape index (κ1) is 17.1. The van der Waals surface area contributed by atoms with E-state index in [-0.39, 0.29) is 5.69 Å². The molecule has 8 nitrogen and oxygen atoms in total. The van der Waals surface area contributed by atoms with Crippen molar-refractivity contribution in [2.45, 2.75) is 6.92 Å². The average molecular weight is 331 g/mol. The normalized spacial score (nSPS) is 9.96. The molecule has 0 unspecified atom stereocenters. The second-order valence-electron chi connectivity index (χ2n) is 4.90. The summed E-state index contributed by atoms with van der Waals surface area (Å²) in [6, 6.07) is 8.66. The van der Waals surface area contributed by atoms with Crippen molar-refractivity contribution < 1.29 is 19.2 Å². The number of rotatable bonds is 5. The van der Waals surface area contributed by atoms with Crippen LogP contribution in [0.1, 0.15) is 5.56 Å². The van der Waals surface area contributed by atoms with Crippen molar-refractivity contribution in [2.24, 2.45) is 0 Å². The number of nitro groups is 1. The molecule has 2 aromatic rings. The van der Waals surface area contributed by atoms with Crippen LogP contribution >= 0.6 is 0 Å². The molecule has 2 aromatic carbocycles. The number of hydrogen-bond acceptors (Lipinski definition) is 5. The maximum absolute atomic E-state index is 12.2. The molecule has 0 saturated heterocycles. The molecule has 0 heterocycles. The molecule has 0 aromatic heterocycles. The van der Waals surface area contributed by atoms with Gasteiger partial charge in [0, 0.05) is 18.2 Å². The van der Waals surface area contributed by atoms with Gasteiger partial charge in [0.1, 0.15) is 11.5 Å². The van der Waals surface area contributed by atoms with Crippen LogP contribution in [0.3, 0.4) is 0 Å². The summed E-state index contributed by atoms with van der Waals surface area (Å²) in [5.41, 5.74) is 1.41. The predicted molar refractivity (Wildman–Crippen MR) is 90.0 cm³/mol. The number of ether oxygens (including phenoxy) is 2. The van der Waals surface area contributed by atoms with Crippen molar-refractivity contribution in [2.75, 3.05) is 24.9 Å². The van der Waals surface area contributed by atoms with Gasteiger partial charge in [-0.05, 0) is 24.6 Å². The van der Waals surface area contributed by atoms with Gasteiger partial charge in [0.2, 0.25) is 0 Å². The van der Waals surface area contributed by atoms with Crippen molar-refractivity contribution in [1.82, 2.24) is 0 Å². The number of urea groups is 1.